The number of carbonyl (C=O) groups excluding carboxylic acids is 2. The van der Waals surface area contributed by atoms with Crippen molar-refractivity contribution in [3.05, 3.63) is 83.4 Å². The first kappa shape index (κ1) is 30.3. The third-order valence-corrected chi connectivity index (χ3v) is 9.19. The minimum absolute atomic E-state index is 0.0374. The largest absolute Gasteiger partial charge is 0.497 e. The summed E-state index contributed by atoms with van der Waals surface area (Å²) in [4.78, 5) is 41.0. The molecule has 0 saturated carbocycles. The van der Waals surface area contributed by atoms with Crippen molar-refractivity contribution in [1.82, 2.24) is 10.2 Å². The maximum absolute atomic E-state index is 14.1. The van der Waals surface area contributed by atoms with Crippen LogP contribution in [0.1, 0.15) is 48.3 Å². The molecule has 3 unspecified atom stereocenters. The zero-order valence-corrected chi connectivity index (χ0v) is 25.4. The highest BCUT2D eigenvalue weighted by atomic mass is 32.2. The first-order valence-corrected chi connectivity index (χ1v) is 15.3. The van der Waals surface area contributed by atoms with Gasteiger partial charge in [0.1, 0.15) is 35.6 Å². The molecule has 43 heavy (non-hydrogen) atoms. The number of hydrogen-bond donors (Lipinski definition) is 2. The normalized spacial score (nSPS) is 18.1. The van der Waals surface area contributed by atoms with E-state index in [1.165, 1.54) is 23.8 Å². The maximum Gasteiger partial charge on any atom is 0.407 e. The second kappa shape index (κ2) is 13.0. The van der Waals surface area contributed by atoms with Crippen LogP contribution in [-0.2, 0) is 14.3 Å². The van der Waals surface area contributed by atoms with Gasteiger partial charge < -0.3 is 29.5 Å². The number of nitrogens with zero attached hydrogens (tertiary/aromatic N) is 1. The smallest absolute Gasteiger partial charge is 0.407 e. The standard InChI is InChI=1S/C33H36N2O7S/c1-19(2)15-27(34-33(39)42-17-26-23-11-7-5-9-21(23)22-10-6-8-12-24(22)26)30(36)35-28(32(37)38)18-43-31(35)25-14-13-20(40-3)16-29(25)41-4/h5-14,16,19,26-28,31H,15,17-18H2,1-4H3,(H,34,39)(H,37,38). The molecule has 0 aromatic heterocycles. The molecular formula is C33H36N2O7S. The third-order valence-electron chi connectivity index (χ3n) is 7.89. The molecule has 9 nitrogen and oxygen atoms in total. The number of carboxylic acid groups (broad SMARTS) is 1. The number of methoxy groups -OCH3 is 2. The first-order valence-electron chi connectivity index (χ1n) is 14.2. The van der Waals surface area contributed by atoms with Crippen molar-refractivity contribution in [2.45, 2.75) is 43.6 Å². The van der Waals surface area contributed by atoms with Crippen molar-refractivity contribution < 1.29 is 33.7 Å². The SMILES string of the molecule is COc1ccc(C2SCC(C(=O)O)N2C(=O)C(CC(C)C)NC(=O)OCC2c3ccccc3-c3ccccc32)c(OC)c1. The van der Waals surface area contributed by atoms with Crippen LogP contribution in [0.5, 0.6) is 11.5 Å². The van der Waals surface area contributed by atoms with Crippen LogP contribution < -0.4 is 14.8 Å². The molecule has 0 radical (unpaired) electrons. The molecule has 226 valence electrons. The molecule has 1 heterocycles. The minimum Gasteiger partial charge on any atom is -0.497 e. The predicted molar refractivity (Wildman–Crippen MR) is 164 cm³/mol. The fourth-order valence-electron chi connectivity index (χ4n) is 5.88. The second-order valence-corrected chi connectivity index (χ2v) is 12.2. The minimum atomic E-state index is -1.11. The lowest BCUT2D eigenvalue weighted by molar-refractivity contribution is -0.150. The zero-order chi connectivity index (χ0) is 30.7. The van der Waals surface area contributed by atoms with Crippen LogP contribution in [0.15, 0.2) is 66.7 Å². The summed E-state index contributed by atoms with van der Waals surface area (Å²) in [6.07, 6.45) is -0.415. The van der Waals surface area contributed by atoms with E-state index >= 15 is 0 Å². The van der Waals surface area contributed by atoms with E-state index < -0.39 is 35.4 Å². The number of carboxylic acids is 1. The van der Waals surface area contributed by atoms with E-state index in [9.17, 15) is 19.5 Å². The molecule has 3 aromatic rings. The van der Waals surface area contributed by atoms with Crippen LogP contribution in [-0.4, -0.2) is 66.6 Å². The van der Waals surface area contributed by atoms with Crippen molar-refractivity contribution in [1.29, 1.82) is 0 Å². The highest BCUT2D eigenvalue weighted by molar-refractivity contribution is 7.99. The molecule has 1 aliphatic heterocycles. The molecule has 3 aromatic carbocycles. The zero-order valence-electron chi connectivity index (χ0n) is 24.6. The fraction of sp³-hybridized carbons (Fsp3) is 0.364. The highest BCUT2D eigenvalue weighted by Gasteiger charge is 2.46. The van der Waals surface area contributed by atoms with E-state index in [0.717, 1.165) is 22.3 Å². The van der Waals surface area contributed by atoms with Gasteiger partial charge in [0, 0.05) is 23.3 Å². The van der Waals surface area contributed by atoms with Crippen LogP contribution in [0.2, 0.25) is 0 Å². The van der Waals surface area contributed by atoms with Crippen LogP contribution in [0.3, 0.4) is 0 Å². The molecular weight excluding hydrogens is 568 g/mol. The summed E-state index contributed by atoms with van der Waals surface area (Å²) in [5.74, 6) is -0.439. The van der Waals surface area contributed by atoms with Gasteiger partial charge in [-0.2, -0.15) is 0 Å². The Morgan fingerprint density at radius 2 is 1.60 bits per heavy atom. The van der Waals surface area contributed by atoms with Crippen molar-refractivity contribution in [3.8, 4) is 22.6 Å². The van der Waals surface area contributed by atoms with Crippen LogP contribution >= 0.6 is 11.8 Å². The van der Waals surface area contributed by atoms with Gasteiger partial charge in [-0.1, -0.05) is 62.4 Å². The summed E-state index contributed by atoms with van der Waals surface area (Å²) in [6.45, 7) is 3.99. The summed E-state index contributed by atoms with van der Waals surface area (Å²) in [6, 6.07) is 19.3. The second-order valence-electron chi connectivity index (χ2n) is 11.0. The van der Waals surface area contributed by atoms with Crippen LogP contribution in [0, 0.1) is 5.92 Å². The first-order chi connectivity index (χ1) is 20.7. The maximum atomic E-state index is 14.1. The van der Waals surface area contributed by atoms with Gasteiger partial charge in [-0.25, -0.2) is 9.59 Å². The van der Waals surface area contributed by atoms with E-state index in [0.29, 0.717) is 23.5 Å². The Labute approximate surface area is 255 Å². The number of carbonyl (C=O) groups is 3. The highest BCUT2D eigenvalue weighted by Crippen LogP contribution is 2.46. The van der Waals surface area contributed by atoms with E-state index in [2.05, 4.69) is 17.4 Å². The molecule has 0 spiro atoms. The molecule has 0 bridgehead atoms. The topological polar surface area (TPSA) is 114 Å². The number of hydrogen-bond acceptors (Lipinski definition) is 7. The molecule has 1 saturated heterocycles. The summed E-state index contributed by atoms with van der Waals surface area (Å²) >= 11 is 1.34. The molecule has 2 aliphatic rings. The van der Waals surface area contributed by atoms with Gasteiger partial charge in [0.15, 0.2) is 0 Å². The number of ether oxygens (including phenoxy) is 3. The molecule has 5 rings (SSSR count). The van der Waals surface area contributed by atoms with Gasteiger partial charge in [-0.15, -0.1) is 11.8 Å². The number of thioether (sulfide) groups is 1. The monoisotopic (exact) mass is 604 g/mol. The van der Waals surface area contributed by atoms with Crippen LogP contribution in [0.25, 0.3) is 11.1 Å². The Balaban J connectivity index is 1.36. The summed E-state index contributed by atoms with van der Waals surface area (Å²) in [5, 5.41) is 12.2. The third kappa shape index (κ3) is 6.15. The Bertz CT molecular complexity index is 1460. The predicted octanol–water partition coefficient (Wildman–Crippen LogP) is 5.68. The molecule has 3 atom stereocenters. The Morgan fingerprint density at radius 1 is 0.953 bits per heavy atom. The quantitative estimate of drug-likeness (QED) is 0.304. The van der Waals surface area contributed by atoms with Gasteiger partial charge in [0.25, 0.3) is 0 Å². The van der Waals surface area contributed by atoms with Crippen LogP contribution in [0.4, 0.5) is 4.79 Å². The van der Waals surface area contributed by atoms with Gasteiger partial charge in [-0.05, 0) is 46.7 Å². The summed E-state index contributed by atoms with van der Waals surface area (Å²) in [5.41, 5.74) is 5.05. The Hall–Kier alpha value is -4.18. The summed E-state index contributed by atoms with van der Waals surface area (Å²) in [7, 11) is 3.06. The lowest BCUT2D eigenvalue weighted by Gasteiger charge is -2.32. The van der Waals surface area contributed by atoms with Crippen molar-refractivity contribution in [2.24, 2.45) is 5.92 Å². The number of rotatable bonds is 10. The number of alkyl carbamates (subject to hydrolysis) is 1. The Morgan fingerprint density at radius 3 is 2.19 bits per heavy atom. The lowest BCUT2D eigenvalue weighted by Crippen LogP contribution is -2.53. The van der Waals surface area contributed by atoms with E-state index in [1.54, 1.807) is 25.3 Å². The fourth-order valence-corrected chi connectivity index (χ4v) is 7.34. The molecule has 1 aliphatic carbocycles. The molecule has 2 amide bonds. The van der Waals surface area contributed by atoms with Gasteiger partial charge in [0.05, 0.1) is 14.2 Å². The van der Waals surface area contributed by atoms with Crippen molar-refractivity contribution in [2.75, 3.05) is 26.6 Å². The van der Waals surface area contributed by atoms with Gasteiger partial charge >= 0.3 is 12.1 Å². The number of nitrogens with one attached hydrogen (secondary N) is 1. The number of aliphatic carboxylic acids is 1. The molecule has 1 fully saturated rings. The van der Waals surface area contributed by atoms with Crippen molar-refractivity contribution >= 4 is 29.7 Å². The number of fused-ring (bicyclic) bond motifs is 3. The van der Waals surface area contributed by atoms with E-state index in [4.69, 9.17) is 14.2 Å². The average molecular weight is 605 g/mol. The number of amides is 2. The van der Waals surface area contributed by atoms with E-state index in [-0.39, 0.29) is 24.2 Å². The Kier molecular flexibility index (Phi) is 9.15. The average Bonchev–Trinajstić information content (AvgIpc) is 3.59. The van der Waals surface area contributed by atoms with E-state index in [1.807, 2.05) is 50.2 Å². The van der Waals surface area contributed by atoms with Gasteiger partial charge in [0.2, 0.25) is 5.91 Å². The number of benzene rings is 3. The lowest BCUT2D eigenvalue weighted by atomic mass is 9.98. The molecule has 2 N–H and O–H groups in total. The molecule has 10 heteroatoms. The van der Waals surface area contributed by atoms with Gasteiger partial charge in [-0.3, -0.25) is 4.79 Å². The summed E-state index contributed by atoms with van der Waals surface area (Å²) < 4.78 is 16.6. The van der Waals surface area contributed by atoms with Crippen molar-refractivity contribution in [3.63, 3.8) is 0 Å².